The van der Waals surface area contributed by atoms with Gasteiger partial charge in [0.05, 0.1) is 0 Å². The highest BCUT2D eigenvalue weighted by atomic mass is 16.1. The molecule has 1 amide bonds. The van der Waals surface area contributed by atoms with E-state index in [1.807, 2.05) is 12.1 Å². The summed E-state index contributed by atoms with van der Waals surface area (Å²) in [5.74, 6) is 1.78. The van der Waals surface area contributed by atoms with Gasteiger partial charge >= 0.3 is 0 Å². The number of pyridine rings is 1. The molecule has 2 aromatic heterocycles. The zero-order valence-electron chi connectivity index (χ0n) is 12.9. The maximum Gasteiger partial charge on any atom is 0.220 e. The zero-order chi connectivity index (χ0) is 15.6. The molecular formula is C17H19N5O. The van der Waals surface area contributed by atoms with Crippen LogP contribution < -0.4 is 10.6 Å². The van der Waals surface area contributed by atoms with Crippen molar-refractivity contribution in [2.75, 3.05) is 11.9 Å². The molecule has 118 valence electrons. The Balaban J connectivity index is 1.65. The van der Waals surface area contributed by atoms with E-state index in [4.69, 9.17) is 9.97 Å². The predicted molar refractivity (Wildman–Crippen MR) is 86.9 cm³/mol. The van der Waals surface area contributed by atoms with Gasteiger partial charge < -0.3 is 10.6 Å². The summed E-state index contributed by atoms with van der Waals surface area (Å²) in [6.07, 6.45) is 8.09. The van der Waals surface area contributed by atoms with Crippen molar-refractivity contribution in [2.24, 2.45) is 0 Å². The summed E-state index contributed by atoms with van der Waals surface area (Å²) >= 11 is 0. The van der Waals surface area contributed by atoms with E-state index in [0.29, 0.717) is 13.0 Å². The first-order valence-corrected chi connectivity index (χ1v) is 8.13. The molecule has 2 N–H and O–H groups in total. The summed E-state index contributed by atoms with van der Waals surface area (Å²) in [5, 5.41) is 6.44. The minimum Gasteiger partial charge on any atom is -0.365 e. The molecular weight excluding hydrogens is 290 g/mol. The molecule has 1 fully saturated rings. The van der Waals surface area contributed by atoms with Crippen LogP contribution in [0.1, 0.15) is 30.5 Å². The van der Waals surface area contributed by atoms with Crippen molar-refractivity contribution < 1.29 is 4.79 Å². The average molecular weight is 309 g/mol. The van der Waals surface area contributed by atoms with Crippen LogP contribution in [0.3, 0.4) is 0 Å². The van der Waals surface area contributed by atoms with Crippen LogP contribution in [0.2, 0.25) is 0 Å². The number of nitrogens with one attached hydrogen (secondary N) is 2. The lowest BCUT2D eigenvalue weighted by Gasteiger charge is -2.25. The fraction of sp³-hybridized carbons (Fsp3) is 0.412. The van der Waals surface area contributed by atoms with Gasteiger partial charge in [0.25, 0.3) is 0 Å². The monoisotopic (exact) mass is 309 g/mol. The molecule has 1 unspecified atom stereocenters. The van der Waals surface area contributed by atoms with Crippen molar-refractivity contribution in [3.8, 4) is 11.4 Å². The molecule has 6 nitrogen and oxygen atoms in total. The third-order valence-electron chi connectivity index (χ3n) is 4.46. The number of piperidine rings is 1. The summed E-state index contributed by atoms with van der Waals surface area (Å²) in [6.45, 7) is 0.653. The Bertz CT molecular complexity index is 721. The Kier molecular flexibility index (Phi) is 3.65. The Morgan fingerprint density at radius 1 is 1.22 bits per heavy atom. The molecule has 0 bridgehead atoms. The van der Waals surface area contributed by atoms with Crippen LogP contribution in [-0.2, 0) is 17.6 Å². The predicted octanol–water partition coefficient (Wildman–Crippen LogP) is 1.72. The van der Waals surface area contributed by atoms with E-state index in [9.17, 15) is 4.79 Å². The number of amides is 1. The molecule has 0 aromatic carbocycles. The summed E-state index contributed by atoms with van der Waals surface area (Å²) in [6, 6.07) is 4.11. The van der Waals surface area contributed by atoms with Gasteiger partial charge in [-0.2, -0.15) is 0 Å². The van der Waals surface area contributed by atoms with E-state index in [1.54, 1.807) is 12.4 Å². The van der Waals surface area contributed by atoms with Gasteiger partial charge in [0.2, 0.25) is 5.91 Å². The van der Waals surface area contributed by atoms with Crippen LogP contribution in [0.25, 0.3) is 11.4 Å². The van der Waals surface area contributed by atoms with Crippen LogP contribution in [0.5, 0.6) is 0 Å². The highest BCUT2D eigenvalue weighted by molar-refractivity contribution is 5.77. The highest BCUT2D eigenvalue weighted by Crippen LogP contribution is 2.29. The molecule has 1 atom stereocenters. The second-order valence-corrected chi connectivity index (χ2v) is 6.10. The van der Waals surface area contributed by atoms with Crippen LogP contribution >= 0.6 is 0 Å². The molecule has 0 saturated carbocycles. The summed E-state index contributed by atoms with van der Waals surface area (Å²) < 4.78 is 0. The topological polar surface area (TPSA) is 79.8 Å². The SMILES string of the molecule is O=C1CCC(Nc2nc(-c3cccnc3)nc3c2CCC3)CN1. The number of hydrogen-bond acceptors (Lipinski definition) is 5. The number of nitrogens with zero attached hydrogens (tertiary/aromatic N) is 3. The molecule has 0 radical (unpaired) electrons. The maximum atomic E-state index is 11.3. The fourth-order valence-corrected chi connectivity index (χ4v) is 3.23. The van der Waals surface area contributed by atoms with Crippen molar-refractivity contribution >= 4 is 11.7 Å². The molecule has 1 aliphatic carbocycles. The second-order valence-electron chi connectivity index (χ2n) is 6.10. The van der Waals surface area contributed by atoms with E-state index in [1.165, 1.54) is 5.56 Å². The first kappa shape index (κ1) is 14.1. The number of hydrogen-bond donors (Lipinski definition) is 2. The fourth-order valence-electron chi connectivity index (χ4n) is 3.23. The molecule has 2 aromatic rings. The lowest BCUT2D eigenvalue weighted by atomic mass is 10.1. The molecule has 2 aliphatic rings. The number of aryl methyl sites for hydroxylation is 1. The number of carbonyl (C=O) groups is 1. The van der Waals surface area contributed by atoms with Crippen molar-refractivity contribution in [1.82, 2.24) is 20.3 Å². The smallest absolute Gasteiger partial charge is 0.220 e. The molecule has 1 saturated heterocycles. The number of anilines is 1. The van der Waals surface area contributed by atoms with E-state index in [2.05, 4.69) is 15.6 Å². The van der Waals surface area contributed by atoms with E-state index >= 15 is 0 Å². The first-order valence-electron chi connectivity index (χ1n) is 8.13. The number of rotatable bonds is 3. The minimum absolute atomic E-state index is 0.131. The van der Waals surface area contributed by atoms with Gasteiger partial charge in [-0.3, -0.25) is 9.78 Å². The number of fused-ring (bicyclic) bond motifs is 1. The Morgan fingerprint density at radius 3 is 2.96 bits per heavy atom. The molecule has 23 heavy (non-hydrogen) atoms. The third kappa shape index (κ3) is 2.88. The maximum absolute atomic E-state index is 11.3. The van der Waals surface area contributed by atoms with Gasteiger partial charge in [0.1, 0.15) is 5.82 Å². The lowest BCUT2D eigenvalue weighted by Crippen LogP contribution is -2.42. The largest absolute Gasteiger partial charge is 0.365 e. The van der Waals surface area contributed by atoms with Crippen LogP contribution in [0.15, 0.2) is 24.5 Å². The van der Waals surface area contributed by atoms with Crippen LogP contribution in [0.4, 0.5) is 5.82 Å². The van der Waals surface area contributed by atoms with Crippen LogP contribution in [-0.4, -0.2) is 33.4 Å². The number of aromatic nitrogens is 3. The molecule has 1 aliphatic heterocycles. The van der Waals surface area contributed by atoms with Crippen molar-refractivity contribution in [3.63, 3.8) is 0 Å². The van der Waals surface area contributed by atoms with Crippen molar-refractivity contribution in [2.45, 2.75) is 38.1 Å². The number of carbonyl (C=O) groups excluding carboxylic acids is 1. The summed E-state index contributed by atoms with van der Waals surface area (Å²) in [5.41, 5.74) is 3.30. The molecule has 3 heterocycles. The van der Waals surface area contributed by atoms with Gasteiger partial charge in [-0.15, -0.1) is 0 Å². The van der Waals surface area contributed by atoms with Crippen molar-refractivity contribution in [3.05, 3.63) is 35.8 Å². The van der Waals surface area contributed by atoms with Crippen LogP contribution in [0, 0.1) is 0 Å². The van der Waals surface area contributed by atoms with Gasteiger partial charge in [-0.1, -0.05) is 0 Å². The van der Waals surface area contributed by atoms with E-state index in [0.717, 1.165) is 48.6 Å². The van der Waals surface area contributed by atoms with Gasteiger partial charge in [0.15, 0.2) is 5.82 Å². The van der Waals surface area contributed by atoms with Crippen molar-refractivity contribution in [1.29, 1.82) is 0 Å². The highest BCUT2D eigenvalue weighted by Gasteiger charge is 2.23. The van der Waals surface area contributed by atoms with Gasteiger partial charge in [-0.05, 0) is 37.8 Å². The molecule has 0 spiro atoms. The molecule has 6 heteroatoms. The minimum atomic E-state index is 0.131. The molecule has 4 rings (SSSR count). The van der Waals surface area contributed by atoms with E-state index in [-0.39, 0.29) is 11.9 Å². The van der Waals surface area contributed by atoms with E-state index < -0.39 is 0 Å². The summed E-state index contributed by atoms with van der Waals surface area (Å²) in [7, 11) is 0. The standard InChI is InChI=1S/C17H19N5O/c23-15-7-6-12(10-19-15)20-17-13-4-1-5-14(13)21-16(22-17)11-3-2-8-18-9-11/h2-3,8-9,12H,1,4-7,10H2,(H,19,23)(H,20,21,22). The van der Waals surface area contributed by atoms with Gasteiger partial charge in [-0.25, -0.2) is 9.97 Å². The quantitative estimate of drug-likeness (QED) is 0.902. The Labute approximate surface area is 134 Å². The summed E-state index contributed by atoms with van der Waals surface area (Å²) in [4.78, 5) is 25.0. The third-order valence-corrected chi connectivity index (χ3v) is 4.46. The first-order chi connectivity index (χ1) is 11.3. The average Bonchev–Trinajstić information content (AvgIpc) is 3.06. The normalized spacial score (nSPS) is 20.0. The Hall–Kier alpha value is -2.50. The second kappa shape index (κ2) is 5.95. The zero-order valence-corrected chi connectivity index (χ0v) is 12.9. The van der Waals surface area contributed by atoms with Gasteiger partial charge in [0, 0.05) is 48.2 Å². The Morgan fingerprint density at radius 2 is 2.17 bits per heavy atom. The lowest BCUT2D eigenvalue weighted by molar-refractivity contribution is -0.122.